The summed E-state index contributed by atoms with van der Waals surface area (Å²) < 4.78 is 12.7. The maximum absolute atomic E-state index is 12.7. The van der Waals surface area contributed by atoms with Crippen LogP contribution in [0, 0.1) is 5.82 Å². The largest absolute Gasteiger partial charge is 0.480 e. The molecule has 0 aliphatic carbocycles. The van der Waals surface area contributed by atoms with Gasteiger partial charge in [0.05, 0.1) is 0 Å². The molecule has 1 fully saturated rings. The maximum atomic E-state index is 12.7. The molecule has 0 radical (unpaired) electrons. The second-order valence-corrected chi connectivity index (χ2v) is 4.47. The Morgan fingerprint density at radius 2 is 2.05 bits per heavy atom. The number of carboxylic acids is 1. The van der Waals surface area contributed by atoms with Gasteiger partial charge in [0.15, 0.2) is 0 Å². The van der Waals surface area contributed by atoms with Crippen LogP contribution < -0.4 is 5.32 Å². The van der Waals surface area contributed by atoms with Crippen LogP contribution in [0.5, 0.6) is 0 Å². The summed E-state index contributed by atoms with van der Waals surface area (Å²) in [7, 11) is 0. The Hall–Kier alpha value is -2.21. The Morgan fingerprint density at radius 3 is 2.70 bits per heavy atom. The highest BCUT2D eigenvalue weighted by Crippen LogP contribution is 2.08. The average Bonchev–Trinajstić information content (AvgIpc) is 2.46. The smallest absolute Gasteiger partial charge is 0.327 e. The third kappa shape index (κ3) is 3.42. The second kappa shape index (κ2) is 6.29. The Balaban J connectivity index is 2.06. The number of aliphatic carboxylic acids is 1. The number of carboxylic acid groups (broad SMARTS) is 1. The lowest BCUT2D eigenvalue weighted by Gasteiger charge is -2.32. The molecule has 2 rings (SSSR count). The van der Waals surface area contributed by atoms with E-state index in [0.717, 1.165) is 0 Å². The maximum Gasteiger partial charge on any atom is 0.327 e. The zero-order valence-corrected chi connectivity index (χ0v) is 10.8. The van der Waals surface area contributed by atoms with E-state index < -0.39 is 12.0 Å². The molecule has 1 saturated heterocycles. The van der Waals surface area contributed by atoms with Crippen molar-refractivity contribution in [3.05, 3.63) is 41.7 Å². The molecule has 1 amide bonds. The first-order valence-corrected chi connectivity index (χ1v) is 6.25. The van der Waals surface area contributed by atoms with E-state index in [1.54, 1.807) is 18.2 Å². The van der Waals surface area contributed by atoms with E-state index in [1.807, 2.05) is 0 Å². The number of rotatable bonds is 3. The number of benzene rings is 1. The van der Waals surface area contributed by atoms with Crippen LogP contribution in [0.15, 0.2) is 30.3 Å². The molecule has 1 atom stereocenters. The van der Waals surface area contributed by atoms with Gasteiger partial charge in [0.1, 0.15) is 11.9 Å². The van der Waals surface area contributed by atoms with E-state index in [1.165, 1.54) is 23.1 Å². The zero-order valence-electron chi connectivity index (χ0n) is 10.8. The number of amides is 1. The summed E-state index contributed by atoms with van der Waals surface area (Å²) in [6, 6.07) is 4.84. The highest BCUT2D eigenvalue weighted by molar-refractivity contribution is 5.94. The van der Waals surface area contributed by atoms with Gasteiger partial charge in [-0.2, -0.15) is 0 Å². The van der Waals surface area contributed by atoms with Crippen molar-refractivity contribution in [1.29, 1.82) is 0 Å². The van der Waals surface area contributed by atoms with Crippen LogP contribution >= 0.6 is 0 Å². The fraction of sp³-hybridized carbons (Fsp3) is 0.286. The minimum Gasteiger partial charge on any atom is -0.480 e. The van der Waals surface area contributed by atoms with Gasteiger partial charge in [-0.05, 0) is 23.8 Å². The van der Waals surface area contributed by atoms with E-state index in [4.69, 9.17) is 5.11 Å². The normalized spacial score (nSPS) is 19.2. The molecule has 1 unspecified atom stereocenters. The number of piperazine rings is 1. The summed E-state index contributed by atoms with van der Waals surface area (Å²) in [5, 5.41) is 12.0. The van der Waals surface area contributed by atoms with E-state index in [-0.39, 0.29) is 18.3 Å². The van der Waals surface area contributed by atoms with Crippen LogP contribution in [0.2, 0.25) is 0 Å². The molecular formula is C14H15FN2O3. The van der Waals surface area contributed by atoms with Crippen LogP contribution in [0.1, 0.15) is 5.56 Å². The van der Waals surface area contributed by atoms with Gasteiger partial charge in [-0.3, -0.25) is 4.79 Å². The first-order chi connectivity index (χ1) is 9.58. The highest BCUT2D eigenvalue weighted by Gasteiger charge is 2.30. The molecule has 2 N–H and O–H groups in total. The van der Waals surface area contributed by atoms with Crippen molar-refractivity contribution in [1.82, 2.24) is 10.2 Å². The molecule has 1 aliphatic rings. The van der Waals surface area contributed by atoms with Gasteiger partial charge in [0.25, 0.3) is 0 Å². The first kappa shape index (κ1) is 14.2. The standard InChI is InChI=1S/C14H15FN2O3/c15-11-4-1-10(2-5-11)3-6-13(18)17-8-7-16-9-12(17)14(19)20/h1-6,12,16H,7-9H2,(H,19,20). The van der Waals surface area contributed by atoms with Crippen molar-refractivity contribution in [3.63, 3.8) is 0 Å². The lowest BCUT2D eigenvalue weighted by Crippen LogP contribution is -2.56. The highest BCUT2D eigenvalue weighted by atomic mass is 19.1. The second-order valence-electron chi connectivity index (χ2n) is 4.47. The van der Waals surface area contributed by atoms with Gasteiger partial charge in [-0.1, -0.05) is 12.1 Å². The number of carbonyl (C=O) groups excluding carboxylic acids is 1. The third-order valence-corrected chi connectivity index (χ3v) is 3.10. The number of halogens is 1. The first-order valence-electron chi connectivity index (χ1n) is 6.25. The molecule has 1 aromatic rings. The van der Waals surface area contributed by atoms with Crippen LogP contribution in [-0.4, -0.2) is 47.6 Å². The van der Waals surface area contributed by atoms with Crippen molar-refractivity contribution in [2.45, 2.75) is 6.04 Å². The number of carbonyl (C=O) groups is 2. The van der Waals surface area contributed by atoms with E-state index in [0.29, 0.717) is 18.7 Å². The minimum absolute atomic E-state index is 0.242. The van der Waals surface area contributed by atoms with Crippen molar-refractivity contribution >= 4 is 18.0 Å². The molecular weight excluding hydrogens is 263 g/mol. The van der Waals surface area contributed by atoms with Crippen molar-refractivity contribution in [2.75, 3.05) is 19.6 Å². The average molecular weight is 278 g/mol. The molecule has 0 spiro atoms. The predicted octanol–water partition coefficient (Wildman–Crippen LogP) is 0.724. The Bertz CT molecular complexity index is 528. The SMILES string of the molecule is O=C(O)C1CNCCN1C(=O)C=Cc1ccc(F)cc1. The van der Waals surface area contributed by atoms with Crippen LogP contribution in [0.25, 0.3) is 6.08 Å². The molecule has 0 saturated carbocycles. The summed E-state index contributed by atoms with van der Waals surface area (Å²) >= 11 is 0. The van der Waals surface area contributed by atoms with Crippen LogP contribution in [0.4, 0.5) is 4.39 Å². The molecule has 6 heteroatoms. The molecule has 1 heterocycles. The summed E-state index contributed by atoms with van der Waals surface area (Å²) in [6.45, 7) is 1.16. The minimum atomic E-state index is -1.03. The Labute approximate surface area is 115 Å². The van der Waals surface area contributed by atoms with Gasteiger partial charge in [0.2, 0.25) is 5.91 Å². The Morgan fingerprint density at radius 1 is 1.35 bits per heavy atom. The number of nitrogens with one attached hydrogen (secondary N) is 1. The number of hydrogen-bond acceptors (Lipinski definition) is 3. The topological polar surface area (TPSA) is 69.6 Å². The molecule has 0 aromatic heterocycles. The van der Waals surface area contributed by atoms with Gasteiger partial charge >= 0.3 is 5.97 Å². The van der Waals surface area contributed by atoms with Crippen LogP contribution in [-0.2, 0) is 9.59 Å². The monoisotopic (exact) mass is 278 g/mol. The lowest BCUT2D eigenvalue weighted by molar-refractivity contribution is -0.149. The molecule has 1 aromatic carbocycles. The number of nitrogens with zero attached hydrogens (tertiary/aromatic N) is 1. The van der Waals surface area contributed by atoms with Crippen molar-refractivity contribution < 1.29 is 19.1 Å². The van der Waals surface area contributed by atoms with Crippen molar-refractivity contribution in [3.8, 4) is 0 Å². The zero-order chi connectivity index (χ0) is 14.5. The molecule has 1 aliphatic heterocycles. The summed E-state index contributed by atoms with van der Waals surface area (Å²) in [6.07, 6.45) is 2.86. The Kier molecular flexibility index (Phi) is 4.47. The summed E-state index contributed by atoms with van der Waals surface area (Å²) in [5.74, 6) is -1.73. The molecule has 5 nitrogen and oxygen atoms in total. The quantitative estimate of drug-likeness (QED) is 0.800. The molecule has 0 bridgehead atoms. The van der Waals surface area contributed by atoms with E-state index in [9.17, 15) is 14.0 Å². The fourth-order valence-corrected chi connectivity index (χ4v) is 2.03. The fourth-order valence-electron chi connectivity index (χ4n) is 2.03. The molecule has 106 valence electrons. The summed E-state index contributed by atoms with van der Waals surface area (Å²) in [4.78, 5) is 24.4. The predicted molar refractivity (Wildman–Crippen MR) is 71.4 cm³/mol. The van der Waals surface area contributed by atoms with Gasteiger partial charge < -0.3 is 15.3 Å². The van der Waals surface area contributed by atoms with Crippen LogP contribution in [0.3, 0.4) is 0 Å². The number of hydrogen-bond donors (Lipinski definition) is 2. The lowest BCUT2D eigenvalue weighted by atomic mass is 10.1. The van der Waals surface area contributed by atoms with Crippen molar-refractivity contribution in [2.24, 2.45) is 0 Å². The molecule has 20 heavy (non-hydrogen) atoms. The van der Waals surface area contributed by atoms with Gasteiger partial charge in [-0.15, -0.1) is 0 Å². The summed E-state index contributed by atoms with van der Waals surface area (Å²) in [5.41, 5.74) is 0.682. The van der Waals surface area contributed by atoms with E-state index >= 15 is 0 Å². The van der Waals surface area contributed by atoms with Gasteiger partial charge in [-0.25, -0.2) is 9.18 Å². The van der Waals surface area contributed by atoms with Gasteiger partial charge in [0, 0.05) is 25.7 Å². The third-order valence-electron chi connectivity index (χ3n) is 3.10. The van der Waals surface area contributed by atoms with E-state index in [2.05, 4.69) is 5.32 Å².